The molecule has 1 spiro atoms. The fourth-order valence-electron chi connectivity index (χ4n) is 6.19. The zero-order valence-corrected chi connectivity index (χ0v) is 10.7. The fourth-order valence-corrected chi connectivity index (χ4v) is 6.19. The van der Waals surface area contributed by atoms with Crippen molar-refractivity contribution in [1.29, 1.82) is 0 Å². The Hall–Kier alpha value is -0.330. The van der Waals surface area contributed by atoms with Crippen molar-refractivity contribution in [2.45, 2.75) is 52.9 Å². The molecule has 1 nitrogen and oxygen atoms in total. The van der Waals surface area contributed by atoms with Gasteiger partial charge in [-0.2, -0.15) is 0 Å². The first-order valence-corrected chi connectivity index (χ1v) is 7.00. The van der Waals surface area contributed by atoms with Crippen LogP contribution >= 0.6 is 0 Å². The van der Waals surface area contributed by atoms with Gasteiger partial charge in [-0.3, -0.25) is 4.79 Å². The molecule has 0 saturated heterocycles. The molecule has 0 aromatic heterocycles. The molecule has 1 heteroatoms. The molecule has 5 saturated carbocycles. The number of hydrogen-bond acceptors (Lipinski definition) is 1. The Bertz CT molecular complexity index is 400. The highest BCUT2D eigenvalue weighted by molar-refractivity contribution is 5.94. The molecular formula is C15H22O. The van der Waals surface area contributed by atoms with Gasteiger partial charge in [-0.25, -0.2) is 0 Å². The minimum atomic E-state index is 0.0441. The lowest BCUT2D eigenvalue weighted by Crippen LogP contribution is -2.57. The van der Waals surface area contributed by atoms with E-state index < -0.39 is 0 Å². The van der Waals surface area contributed by atoms with Crippen LogP contribution in [0.1, 0.15) is 52.9 Å². The molecule has 6 unspecified atom stereocenters. The summed E-state index contributed by atoms with van der Waals surface area (Å²) in [5.74, 6) is 2.52. The Morgan fingerprint density at radius 3 is 2.69 bits per heavy atom. The standard InChI is InChI=1S/C15H22O/c1-9-5-4-6-15-7-10-11(13(10,2)8-15)12(16)14(9,15)3/h9-11H,4-8H2,1-3H3. The molecular weight excluding hydrogens is 196 g/mol. The third-order valence-electron chi connectivity index (χ3n) is 7.35. The Kier molecular flexibility index (Phi) is 1.38. The molecule has 5 aliphatic carbocycles. The first-order chi connectivity index (χ1) is 7.46. The van der Waals surface area contributed by atoms with E-state index in [0.717, 1.165) is 5.92 Å². The van der Waals surface area contributed by atoms with Crippen LogP contribution in [0.15, 0.2) is 0 Å². The topological polar surface area (TPSA) is 17.1 Å². The van der Waals surface area contributed by atoms with E-state index in [4.69, 9.17) is 0 Å². The van der Waals surface area contributed by atoms with Crippen LogP contribution in [0.5, 0.6) is 0 Å². The van der Waals surface area contributed by atoms with Crippen molar-refractivity contribution in [3.05, 3.63) is 0 Å². The zero-order valence-electron chi connectivity index (χ0n) is 10.7. The van der Waals surface area contributed by atoms with Crippen LogP contribution < -0.4 is 0 Å². The molecule has 16 heavy (non-hydrogen) atoms. The lowest BCUT2D eigenvalue weighted by atomic mass is 9.44. The Balaban J connectivity index is 1.89. The minimum absolute atomic E-state index is 0.0441. The first-order valence-electron chi connectivity index (χ1n) is 7.00. The van der Waals surface area contributed by atoms with Gasteiger partial charge in [0.15, 0.2) is 0 Å². The van der Waals surface area contributed by atoms with Crippen LogP contribution in [0.4, 0.5) is 0 Å². The van der Waals surface area contributed by atoms with Crippen LogP contribution in [0.2, 0.25) is 0 Å². The summed E-state index contributed by atoms with van der Waals surface area (Å²) in [5, 5.41) is 0. The fraction of sp³-hybridized carbons (Fsp3) is 0.933. The molecule has 0 heterocycles. The van der Waals surface area contributed by atoms with Gasteiger partial charge >= 0.3 is 0 Å². The summed E-state index contributed by atoms with van der Waals surface area (Å²) in [4.78, 5) is 12.8. The highest BCUT2D eigenvalue weighted by Gasteiger charge is 2.82. The molecule has 0 aliphatic heterocycles. The number of hydrogen-bond donors (Lipinski definition) is 0. The largest absolute Gasteiger partial charge is 0.299 e. The van der Waals surface area contributed by atoms with Gasteiger partial charge < -0.3 is 0 Å². The predicted octanol–water partition coefficient (Wildman–Crippen LogP) is 3.43. The monoisotopic (exact) mass is 218 g/mol. The average Bonchev–Trinajstić information content (AvgIpc) is 2.65. The maximum Gasteiger partial charge on any atom is 0.143 e. The number of carbonyl (C=O) groups is 1. The molecule has 0 radical (unpaired) electrons. The van der Waals surface area contributed by atoms with Crippen molar-refractivity contribution in [2.24, 2.45) is 34.0 Å². The van der Waals surface area contributed by atoms with Gasteiger partial charge in [-0.15, -0.1) is 0 Å². The van der Waals surface area contributed by atoms with Crippen molar-refractivity contribution in [1.82, 2.24) is 0 Å². The Morgan fingerprint density at radius 1 is 1.31 bits per heavy atom. The molecule has 4 bridgehead atoms. The second-order valence-corrected chi connectivity index (χ2v) is 7.61. The van der Waals surface area contributed by atoms with Gasteiger partial charge in [-0.05, 0) is 48.3 Å². The zero-order chi connectivity index (χ0) is 11.3. The number of ketones is 1. The number of Topliss-reactive ketones (excluding diaryl/α,β-unsaturated/α-hetero) is 1. The molecule has 88 valence electrons. The van der Waals surface area contributed by atoms with Crippen LogP contribution in [-0.2, 0) is 4.79 Å². The molecule has 0 aromatic rings. The van der Waals surface area contributed by atoms with Gasteiger partial charge in [0, 0.05) is 11.3 Å². The minimum Gasteiger partial charge on any atom is -0.299 e. The van der Waals surface area contributed by atoms with Gasteiger partial charge in [0.1, 0.15) is 5.78 Å². The van der Waals surface area contributed by atoms with Gasteiger partial charge in [0.25, 0.3) is 0 Å². The second-order valence-electron chi connectivity index (χ2n) is 7.61. The lowest BCUT2D eigenvalue weighted by molar-refractivity contribution is -0.161. The smallest absolute Gasteiger partial charge is 0.143 e. The summed E-state index contributed by atoms with van der Waals surface area (Å²) < 4.78 is 0. The molecule has 5 rings (SSSR count). The maximum atomic E-state index is 12.8. The SMILES string of the molecule is CC1CCCC23CC4C(C(=O)C12C)C4(C)C3. The summed E-state index contributed by atoms with van der Waals surface area (Å²) in [7, 11) is 0. The predicted molar refractivity (Wildman–Crippen MR) is 62.9 cm³/mol. The van der Waals surface area contributed by atoms with Crippen molar-refractivity contribution in [3.63, 3.8) is 0 Å². The Labute approximate surface area is 98.0 Å². The van der Waals surface area contributed by atoms with E-state index in [2.05, 4.69) is 20.8 Å². The average molecular weight is 218 g/mol. The van der Waals surface area contributed by atoms with Crippen molar-refractivity contribution in [3.8, 4) is 0 Å². The van der Waals surface area contributed by atoms with E-state index in [1.54, 1.807) is 0 Å². The van der Waals surface area contributed by atoms with E-state index >= 15 is 0 Å². The molecule has 5 fully saturated rings. The van der Waals surface area contributed by atoms with E-state index in [1.807, 2.05) is 0 Å². The van der Waals surface area contributed by atoms with Crippen molar-refractivity contribution < 1.29 is 4.79 Å². The summed E-state index contributed by atoms with van der Waals surface area (Å²) in [6.07, 6.45) is 6.71. The highest BCUT2D eigenvalue weighted by Crippen LogP contribution is 2.84. The lowest BCUT2D eigenvalue weighted by Gasteiger charge is -2.58. The van der Waals surface area contributed by atoms with Crippen LogP contribution in [0.25, 0.3) is 0 Å². The van der Waals surface area contributed by atoms with Crippen LogP contribution in [0, 0.1) is 34.0 Å². The quantitative estimate of drug-likeness (QED) is 0.609. The van der Waals surface area contributed by atoms with Crippen LogP contribution in [-0.4, -0.2) is 5.78 Å². The number of carbonyl (C=O) groups excluding carboxylic acids is 1. The highest BCUT2D eigenvalue weighted by atomic mass is 16.1. The Morgan fingerprint density at radius 2 is 2.06 bits per heavy atom. The number of rotatable bonds is 0. The molecule has 5 aliphatic rings. The van der Waals surface area contributed by atoms with Crippen molar-refractivity contribution >= 4 is 5.78 Å². The molecule has 0 amide bonds. The second kappa shape index (κ2) is 2.28. The molecule has 0 aromatic carbocycles. The first kappa shape index (κ1) is 9.67. The van der Waals surface area contributed by atoms with E-state index in [0.29, 0.717) is 28.4 Å². The normalized spacial score (nSPS) is 66.7. The van der Waals surface area contributed by atoms with Crippen LogP contribution in [0.3, 0.4) is 0 Å². The summed E-state index contributed by atoms with van der Waals surface area (Å²) in [6.45, 7) is 7.03. The summed E-state index contributed by atoms with van der Waals surface area (Å²) >= 11 is 0. The molecule has 6 atom stereocenters. The summed E-state index contributed by atoms with van der Waals surface area (Å²) in [5.41, 5.74) is 0.895. The third kappa shape index (κ3) is 0.683. The molecule has 0 N–H and O–H groups in total. The van der Waals surface area contributed by atoms with E-state index in [9.17, 15) is 4.79 Å². The maximum absolute atomic E-state index is 12.8. The van der Waals surface area contributed by atoms with Gasteiger partial charge in [0.2, 0.25) is 0 Å². The van der Waals surface area contributed by atoms with Crippen molar-refractivity contribution in [2.75, 3.05) is 0 Å². The van der Waals surface area contributed by atoms with E-state index in [-0.39, 0.29) is 5.41 Å². The van der Waals surface area contributed by atoms with Gasteiger partial charge in [0.05, 0.1) is 0 Å². The third-order valence-corrected chi connectivity index (χ3v) is 7.35. The summed E-state index contributed by atoms with van der Waals surface area (Å²) in [6, 6.07) is 0. The van der Waals surface area contributed by atoms with Gasteiger partial charge in [-0.1, -0.05) is 27.2 Å². The van der Waals surface area contributed by atoms with E-state index in [1.165, 1.54) is 32.1 Å².